The van der Waals surface area contributed by atoms with Crippen molar-refractivity contribution in [1.82, 2.24) is 5.32 Å². The molecule has 1 aliphatic rings. The van der Waals surface area contributed by atoms with Crippen LogP contribution in [0.25, 0.3) is 0 Å². The normalized spacial score (nSPS) is 23.6. The zero-order valence-corrected chi connectivity index (χ0v) is 13.1. The van der Waals surface area contributed by atoms with Gasteiger partial charge in [-0.3, -0.25) is 0 Å². The molecule has 2 rings (SSSR count). The van der Waals surface area contributed by atoms with Gasteiger partial charge in [0.2, 0.25) is 0 Å². The van der Waals surface area contributed by atoms with Gasteiger partial charge in [-0.2, -0.15) is 0 Å². The van der Waals surface area contributed by atoms with Crippen LogP contribution in [0.1, 0.15) is 36.9 Å². The minimum atomic E-state index is -0.168. The number of rotatable bonds is 5. The van der Waals surface area contributed by atoms with Crippen molar-refractivity contribution in [2.45, 2.75) is 38.3 Å². The van der Waals surface area contributed by atoms with Gasteiger partial charge >= 0.3 is 0 Å². The van der Waals surface area contributed by atoms with Gasteiger partial charge in [-0.05, 0) is 57.0 Å². The van der Waals surface area contributed by atoms with Gasteiger partial charge in [-0.25, -0.2) is 0 Å². The molecular formula is C16H25NO3. The van der Waals surface area contributed by atoms with Gasteiger partial charge in [-0.15, -0.1) is 0 Å². The molecule has 4 nitrogen and oxygen atoms in total. The maximum Gasteiger partial charge on any atom is 0.161 e. The number of hydrogen-bond acceptors (Lipinski definition) is 4. The van der Waals surface area contributed by atoms with E-state index in [0.29, 0.717) is 0 Å². The van der Waals surface area contributed by atoms with E-state index in [1.807, 2.05) is 13.1 Å². The summed E-state index contributed by atoms with van der Waals surface area (Å²) in [5.74, 6) is 1.52. The number of likely N-dealkylation sites (N-methyl/N-ethyl adjacent to an activating group) is 1. The minimum absolute atomic E-state index is 0.143. The predicted molar refractivity (Wildman–Crippen MR) is 79.7 cm³/mol. The van der Waals surface area contributed by atoms with E-state index in [1.54, 1.807) is 14.2 Å². The van der Waals surface area contributed by atoms with Crippen molar-refractivity contribution in [2.75, 3.05) is 27.9 Å². The Balaban J connectivity index is 2.44. The van der Waals surface area contributed by atoms with Gasteiger partial charge in [0.05, 0.1) is 25.9 Å². The van der Waals surface area contributed by atoms with Crippen molar-refractivity contribution in [3.63, 3.8) is 0 Å². The van der Waals surface area contributed by atoms with Crippen LogP contribution in [0.3, 0.4) is 0 Å². The van der Waals surface area contributed by atoms with Gasteiger partial charge in [-0.1, -0.05) is 0 Å². The molecule has 0 spiro atoms. The molecule has 112 valence electrons. The van der Waals surface area contributed by atoms with Crippen molar-refractivity contribution >= 4 is 0 Å². The molecule has 2 unspecified atom stereocenters. The molecule has 1 aromatic carbocycles. The fraction of sp³-hybridized carbons (Fsp3) is 0.625. The van der Waals surface area contributed by atoms with Gasteiger partial charge in [0, 0.05) is 6.61 Å². The van der Waals surface area contributed by atoms with E-state index in [9.17, 15) is 0 Å². The Hall–Kier alpha value is -1.26. The van der Waals surface area contributed by atoms with Gasteiger partial charge < -0.3 is 19.5 Å². The summed E-state index contributed by atoms with van der Waals surface area (Å²) < 4.78 is 16.8. The third-order valence-corrected chi connectivity index (χ3v) is 4.23. The van der Waals surface area contributed by atoms with Gasteiger partial charge in [0.15, 0.2) is 11.5 Å². The molecule has 0 aliphatic carbocycles. The third-order valence-electron chi connectivity index (χ3n) is 4.23. The summed E-state index contributed by atoms with van der Waals surface area (Å²) in [5.41, 5.74) is 2.22. The molecule has 1 aliphatic heterocycles. The molecule has 1 heterocycles. The van der Waals surface area contributed by atoms with E-state index in [2.05, 4.69) is 25.2 Å². The lowest BCUT2D eigenvalue weighted by molar-refractivity contribution is -0.0107. The van der Waals surface area contributed by atoms with Crippen molar-refractivity contribution in [3.05, 3.63) is 23.3 Å². The average Bonchev–Trinajstić information content (AvgIpc) is 2.88. The fourth-order valence-electron chi connectivity index (χ4n) is 3.13. The first-order valence-electron chi connectivity index (χ1n) is 7.09. The maximum absolute atomic E-state index is 6.00. The van der Waals surface area contributed by atoms with E-state index >= 15 is 0 Å². The van der Waals surface area contributed by atoms with E-state index in [-0.39, 0.29) is 11.6 Å². The van der Waals surface area contributed by atoms with Crippen molar-refractivity contribution in [2.24, 2.45) is 0 Å². The smallest absolute Gasteiger partial charge is 0.161 e. The molecule has 0 saturated carbocycles. The van der Waals surface area contributed by atoms with Gasteiger partial charge in [0.1, 0.15) is 0 Å². The van der Waals surface area contributed by atoms with Crippen LogP contribution in [0, 0.1) is 6.92 Å². The number of aryl methyl sites for hydroxylation is 1. The van der Waals surface area contributed by atoms with E-state index < -0.39 is 0 Å². The Bertz CT molecular complexity index is 467. The number of benzene rings is 1. The van der Waals surface area contributed by atoms with Crippen LogP contribution in [-0.2, 0) is 4.74 Å². The molecule has 1 fully saturated rings. The lowest BCUT2D eigenvalue weighted by Gasteiger charge is -2.34. The summed E-state index contributed by atoms with van der Waals surface area (Å²) in [6.45, 7) is 5.11. The highest BCUT2D eigenvalue weighted by molar-refractivity contribution is 5.48. The Morgan fingerprint density at radius 2 is 1.90 bits per heavy atom. The molecule has 0 radical (unpaired) electrons. The minimum Gasteiger partial charge on any atom is -0.493 e. The second kappa shape index (κ2) is 6.02. The van der Waals surface area contributed by atoms with Crippen LogP contribution in [-0.4, -0.2) is 33.5 Å². The van der Waals surface area contributed by atoms with Crippen LogP contribution in [0.4, 0.5) is 0 Å². The SMILES string of the molecule is CNC(c1cc(OC)c(OC)cc1C)C1(C)CCCO1. The fourth-order valence-corrected chi connectivity index (χ4v) is 3.13. The second-order valence-corrected chi connectivity index (χ2v) is 5.55. The number of ether oxygens (including phenoxy) is 3. The zero-order chi connectivity index (χ0) is 14.8. The first-order chi connectivity index (χ1) is 9.55. The summed E-state index contributed by atoms with van der Waals surface area (Å²) in [6, 6.07) is 4.23. The third kappa shape index (κ3) is 2.63. The molecule has 0 aromatic heterocycles. The topological polar surface area (TPSA) is 39.7 Å². The molecule has 0 amide bonds. The molecule has 4 heteroatoms. The number of nitrogens with one attached hydrogen (secondary N) is 1. The first-order valence-corrected chi connectivity index (χ1v) is 7.09. The van der Waals surface area contributed by atoms with Crippen molar-refractivity contribution in [1.29, 1.82) is 0 Å². The molecule has 20 heavy (non-hydrogen) atoms. The summed E-state index contributed by atoms with van der Waals surface area (Å²) in [4.78, 5) is 0. The lowest BCUT2D eigenvalue weighted by atomic mass is 9.85. The molecule has 1 aromatic rings. The second-order valence-electron chi connectivity index (χ2n) is 5.55. The Morgan fingerprint density at radius 3 is 2.40 bits per heavy atom. The largest absolute Gasteiger partial charge is 0.493 e. The number of methoxy groups -OCH3 is 2. The van der Waals surface area contributed by atoms with Crippen LogP contribution in [0.2, 0.25) is 0 Å². The molecule has 1 N–H and O–H groups in total. The highest BCUT2D eigenvalue weighted by Crippen LogP contribution is 2.41. The average molecular weight is 279 g/mol. The molecule has 1 saturated heterocycles. The first kappa shape index (κ1) is 15.1. The monoisotopic (exact) mass is 279 g/mol. The van der Waals surface area contributed by atoms with Crippen molar-refractivity contribution in [3.8, 4) is 11.5 Å². The van der Waals surface area contributed by atoms with Crippen LogP contribution < -0.4 is 14.8 Å². The van der Waals surface area contributed by atoms with Crippen molar-refractivity contribution < 1.29 is 14.2 Å². The number of hydrogen-bond donors (Lipinski definition) is 1. The quantitative estimate of drug-likeness (QED) is 0.899. The molecular weight excluding hydrogens is 254 g/mol. The Morgan fingerprint density at radius 1 is 1.25 bits per heavy atom. The maximum atomic E-state index is 6.00. The van der Waals surface area contributed by atoms with E-state index in [0.717, 1.165) is 30.9 Å². The summed E-state index contributed by atoms with van der Waals surface area (Å²) in [5, 5.41) is 3.41. The van der Waals surface area contributed by atoms with Crippen LogP contribution >= 0.6 is 0 Å². The Kier molecular flexibility index (Phi) is 4.55. The highest BCUT2D eigenvalue weighted by atomic mass is 16.5. The van der Waals surface area contributed by atoms with Crippen LogP contribution in [0.5, 0.6) is 11.5 Å². The van der Waals surface area contributed by atoms with Gasteiger partial charge in [0.25, 0.3) is 0 Å². The standard InChI is InChI=1S/C16H25NO3/c1-11-9-13(18-4)14(19-5)10-12(11)15(17-3)16(2)7-6-8-20-16/h9-10,15,17H,6-8H2,1-5H3. The van der Waals surface area contributed by atoms with E-state index in [1.165, 1.54) is 11.1 Å². The van der Waals surface area contributed by atoms with Crippen LogP contribution in [0.15, 0.2) is 12.1 Å². The summed E-state index contributed by atoms with van der Waals surface area (Å²) >= 11 is 0. The summed E-state index contributed by atoms with van der Waals surface area (Å²) in [7, 11) is 5.31. The highest BCUT2D eigenvalue weighted by Gasteiger charge is 2.39. The Labute approximate surface area is 121 Å². The zero-order valence-electron chi connectivity index (χ0n) is 13.1. The van der Waals surface area contributed by atoms with E-state index in [4.69, 9.17) is 14.2 Å². The summed E-state index contributed by atoms with van der Waals surface area (Å²) in [6.07, 6.45) is 2.17. The predicted octanol–water partition coefficient (Wildman–Crippen LogP) is 2.84. The lowest BCUT2D eigenvalue weighted by Crippen LogP contribution is -2.40. The molecule has 0 bridgehead atoms. The molecule has 2 atom stereocenters.